The van der Waals surface area contributed by atoms with Gasteiger partial charge in [-0.05, 0) is 79.1 Å². The second kappa shape index (κ2) is 13.1. The molecule has 0 bridgehead atoms. The highest BCUT2D eigenvalue weighted by Crippen LogP contribution is 2.35. The van der Waals surface area contributed by atoms with Gasteiger partial charge in [0.1, 0.15) is 5.58 Å². The van der Waals surface area contributed by atoms with Crippen molar-refractivity contribution in [3.8, 4) is 0 Å². The summed E-state index contributed by atoms with van der Waals surface area (Å²) in [5, 5.41) is 3.48. The van der Waals surface area contributed by atoms with E-state index in [0.717, 1.165) is 22.2 Å². The quantitative estimate of drug-likeness (QED) is 0.210. The Bertz CT molecular complexity index is 1970. The lowest BCUT2D eigenvalue weighted by Crippen LogP contribution is -2.49. The molecule has 0 unspecified atom stereocenters. The molecule has 236 valence electrons. The molecular weight excluding hydrogens is 600 g/mol. The second-order valence-electron chi connectivity index (χ2n) is 11.4. The van der Waals surface area contributed by atoms with Crippen LogP contribution < -0.4 is 14.5 Å². The number of para-hydroxylation sites is 2. The molecule has 1 N–H and O–H groups in total. The maximum Gasteiger partial charge on any atom is 0.264 e. The van der Waals surface area contributed by atoms with Crippen molar-refractivity contribution in [2.45, 2.75) is 25.2 Å². The summed E-state index contributed by atoms with van der Waals surface area (Å²) in [6.07, 6.45) is 2.17. The van der Waals surface area contributed by atoms with E-state index in [1.807, 2.05) is 61.5 Å². The largest absolute Gasteiger partial charge is 0.464 e. The number of hydrogen-bond donors (Lipinski definition) is 1. The number of furan rings is 1. The SMILES string of the molecule is CC(=O)Nc1ccc(C(=O)N2CCN(c3ccccc3N(CCc3ccccc3)S(=O)(=O)c3ccc4occ(C)c4c3)CC2)cc1. The Kier molecular flexibility index (Phi) is 8.81. The number of sulfonamides is 1. The summed E-state index contributed by atoms with van der Waals surface area (Å²) in [7, 11) is -3.97. The highest BCUT2D eigenvalue weighted by atomic mass is 32.2. The van der Waals surface area contributed by atoms with E-state index >= 15 is 0 Å². The van der Waals surface area contributed by atoms with Crippen LogP contribution in [-0.4, -0.2) is 57.9 Å². The Morgan fingerprint density at radius 3 is 2.28 bits per heavy atom. The van der Waals surface area contributed by atoms with Crippen molar-refractivity contribution in [1.82, 2.24) is 4.90 Å². The van der Waals surface area contributed by atoms with Crippen LogP contribution >= 0.6 is 0 Å². The first kappa shape index (κ1) is 30.9. The fraction of sp³-hybridized carbons (Fsp3) is 0.222. The maximum absolute atomic E-state index is 14.4. The van der Waals surface area contributed by atoms with Gasteiger partial charge in [-0.25, -0.2) is 8.42 Å². The molecule has 0 saturated carbocycles. The molecule has 0 aliphatic carbocycles. The fourth-order valence-electron chi connectivity index (χ4n) is 5.84. The van der Waals surface area contributed by atoms with Gasteiger partial charge in [0.05, 0.1) is 22.5 Å². The van der Waals surface area contributed by atoms with Crippen molar-refractivity contribution < 1.29 is 22.4 Å². The fourth-order valence-corrected chi connectivity index (χ4v) is 7.35. The predicted molar refractivity (Wildman–Crippen MR) is 181 cm³/mol. The van der Waals surface area contributed by atoms with Gasteiger partial charge in [-0.3, -0.25) is 13.9 Å². The zero-order chi connectivity index (χ0) is 32.3. The van der Waals surface area contributed by atoms with E-state index in [0.29, 0.717) is 55.1 Å². The van der Waals surface area contributed by atoms with Crippen LogP contribution in [0.4, 0.5) is 17.1 Å². The third-order valence-corrected chi connectivity index (χ3v) is 10.1. The second-order valence-corrected chi connectivity index (χ2v) is 13.3. The lowest BCUT2D eigenvalue weighted by Gasteiger charge is -2.38. The van der Waals surface area contributed by atoms with E-state index in [-0.39, 0.29) is 23.3 Å². The molecule has 1 fully saturated rings. The van der Waals surface area contributed by atoms with Gasteiger partial charge in [0.15, 0.2) is 0 Å². The number of nitrogens with zero attached hydrogens (tertiary/aromatic N) is 3. The van der Waals surface area contributed by atoms with E-state index in [1.54, 1.807) is 53.6 Å². The molecule has 10 heteroatoms. The van der Waals surface area contributed by atoms with Crippen molar-refractivity contribution in [2.75, 3.05) is 47.2 Å². The third kappa shape index (κ3) is 6.48. The molecule has 4 aromatic carbocycles. The van der Waals surface area contributed by atoms with Gasteiger partial charge >= 0.3 is 0 Å². The molecule has 1 aromatic heterocycles. The number of benzene rings is 4. The van der Waals surface area contributed by atoms with Crippen LogP contribution in [0.15, 0.2) is 113 Å². The van der Waals surface area contributed by atoms with Gasteiger partial charge < -0.3 is 19.5 Å². The molecular formula is C36H36N4O5S. The summed E-state index contributed by atoms with van der Waals surface area (Å²) in [5.41, 5.74) is 5.13. The number of fused-ring (bicyclic) bond motifs is 1. The normalized spacial score (nSPS) is 13.5. The Labute approximate surface area is 269 Å². The number of anilines is 3. The maximum atomic E-state index is 14.4. The van der Waals surface area contributed by atoms with Crippen LogP contribution in [-0.2, 0) is 21.2 Å². The first-order valence-corrected chi connectivity index (χ1v) is 16.7. The summed E-state index contributed by atoms with van der Waals surface area (Å²) in [6.45, 7) is 5.63. The van der Waals surface area contributed by atoms with Gasteiger partial charge in [-0.2, -0.15) is 0 Å². The number of rotatable bonds is 9. The molecule has 0 spiro atoms. The number of hydrogen-bond acceptors (Lipinski definition) is 6. The lowest BCUT2D eigenvalue weighted by molar-refractivity contribution is -0.114. The summed E-state index contributed by atoms with van der Waals surface area (Å²) >= 11 is 0. The Hall–Kier alpha value is -5.09. The van der Waals surface area contributed by atoms with E-state index in [2.05, 4.69) is 10.2 Å². The third-order valence-electron chi connectivity index (χ3n) is 8.28. The Morgan fingerprint density at radius 2 is 1.57 bits per heavy atom. The molecule has 46 heavy (non-hydrogen) atoms. The first-order chi connectivity index (χ1) is 22.2. The van der Waals surface area contributed by atoms with Crippen LogP contribution in [0.2, 0.25) is 0 Å². The number of aryl methyl sites for hydroxylation is 1. The molecule has 5 aromatic rings. The van der Waals surface area contributed by atoms with Crippen molar-refractivity contribution in [3.05, 3.63) is 120 Å². The zero-order valence-electron chi connectivity index (χ0n) is 25.8. The van der Waals surface area contributed by atoms with Crippen molar-refractivity contribution in [3.63, 3.8) is 0 Å². The summed E-state index contributed by atoms with van der Waals surface area (Å²) in [6, 6.07) is 29.3. The molecule has 1 aliphatic heterocycles. The topological polar surface area (TPSA) is 103 Å². The van der Waals surface area contributed by atoms with Gasteiger partial charge in [0.2, 0.25) is 5.91 Å². The lowest BCUT2D eigenvalue weighted by atomic mass is 10.1. The van der Waals surface area contributed by atoms with Gasteiger partial charge in [-0.15, -0.1) is 0 Å². The smallest absolute Gasteiger partial charge is 0.264 e. The molecule has 9 nitrogen and oxygen atoms in total. The van der Waals surface area contributed by atoms with Crippen molar-refractivity contribution in [1.29, 1.82) is 0 Å². The molecule has 1 aliphatic rings. The van der Waals surface area contributed by atoms with Crippen molar-refractivity contribution >= 4 is 49.9 Å². The number of carbonyl (C=O) groups excluding carboxylic acids is 2. The predicted octanol–water partition coefficient (Wildman–Crippen LogP) is 6.10. The van der Waals surface area contributed by atoms with Crippen LogP contribution in [0, 0.1) is 6.92 Å². The summed E-state index contributed by atoms with van der Waals surface area (Å²) < 4.78 is 36.0. The number of amides is 2. The van der Waals surface area contributed by atoms with Crippen LogP contribution in [0.25, 0.3) is 11.0 Å². The monoisotopic (exact) mass is 636 g/mol. The standard InChI is InChI=1S/C36H36N4O5S/c1-26-25-45-35-17-16-31(24-32(26)35)46(43,44)40(19-18-28-8-4-3-5-9-28)34-11-7-6-10-33(34)38-20-22-39(23-21-38)36(42)29-12-14-30(15-13-29)37-27(2)41/h3-17,24-25H,18-23H2,1-2H3,(H,37,41). The minimum atomic E-state index is -3.97. The molecule has 0 atom stereocenters. The van der Waals surface area contributed by atoms with E-state index < -0.39 is 10.0 Å². The number of piperazine rings is 1. The zero-order valence-corrected chi connectivity index (χ0v) is 26.7. The van der Waals surface area contributed by atoms with E-state index in [4.69, 9.17) is 4.42 Å². The van der Waals surface area contributed by atoms with Crippen LogP contribution in [0.1, 0.15) is 28.4 Å². The number of carbonyl (C=O) groups is 2. The van der Waals surface area contributed by atoms with Gasteiger partial charge in [0.25, 0.3) is 15.9 Å². The minimum absolute atomic E-state index is 0.0840. The van der Waals surface area contributed by atoms with Gasteiger partial charge in [0, 0.05) is 56.3 Å². The van der Waals surface area contributed by atoms with E-state index in [1.165, 1.54) is 11.2 Å². The average Bonchev–Trinajstić information content (AvgIpc) is 3.45. The first-order valence-electron chi connectivity index (χ1n) is 15.3. The summed E-state index contributed by atoms with van der Waals surface area (Å²) in [5.74, 6) is -0.254. The van der Waals surface area contributed by atoms with Gasteiger partial charge in [-0.1, -0.05) is 42.5 Å². The van der Waals surface area contributed by atoms with E-state index in [9.17, 15) is 18.0 Å². The summed E-state index contributed by atoms with van der Waals surface area (Å²) in [4.78, 5) is 28.8. The highest BCUT2D eigenvalue weighted by molar-refractivity contribution is 7.92. The molecule has 2 heterocycles. The average molecular weight is 637 g/mol. The Balaban J connectivity index is 1.26. The van der Waals surface area contributed by atoms with Crippen molar-refractivity contribution in [2.24, 2.45) is 0 Å². The molecule has 2 amide bonds. The molecule has 6 rings (SSSR count). The van der Waals surface area contributed by atoms with Crippen LogP contribution in [0.3, 0.4) is 0 Å². The molecule has 0 radical (unpaired) electrons. The Morgan fingerprint density at radius 1 is 0.870 bits per heavy atom. The highest BCUT2D eigenvalue weighted by Gasteiger charge is 2.30. The number of nitrogens with one attached hydrogen (secondary N) is 1. The molecule has 1 saturated heterocycles. The minimum Gasteiger partial charge on any atom is -0.464 e. The van der Waals surface area contributed by atoms with Crippen LogP contribution in [0.5, 0.6) is 0 Å².